The summed E-state index contributed by atoms with van der Waals surface area (Å²) in [7, 11) is -3.28. The third-order valence-electron chi connectivity index (χ3n) is 2.41. The Bertz CT molecular complexity index is 296. The highest BCUT2D eigenvalue weighted by molar-refractivity contribution is 8.05. The molecule has 0 saturated carbocycles. The summed E-state index contributed by atoms with van der Waals surface area (Å²) < 4.78 is 23.8. The van der Waals surface area contributed by atoms with Gasteiger partial charge in [0, 0.05) is 5.75 Å². The van der Waals surface area contributed by atoms with Crippen LogP contribution in [0.2, 0.25) is 0 Å². The number of aliphatic hydroxyl groups excluding tert-OH is 2. The summed E-state index contributed by atoms with van der Waals surface area (Å²) in [6, 6.07) is 0. The lowest BCUT2D eigenvalue weighted by molar-refractivity contribution is 0.0253. The molecule has 18 heavy (non-hydrogen) atoms. The molecule has 1 aliphatic heterocycles. The third kappa shape index (κ3) is 4.51. The van der Waals surface area contributed by atoms with Crippen LogP contribution in [0.3, 0.4) is 0 Å². The molecule has 0 aromatic rings. The standard InChI is InChI=1S/C11H23O5PS/c1-7(2)15-17(14,16-8(3)4)11-5-9(12)10(13)6-18-11/h7-13H,5-6H2,1-4H3/t9-,10+,11?/m0/s1. The average molecular weight is 298 g/mol. The van der Waals surface area contributed by atoms with Crippen molar-refractivity contribution in [3.05, 3.63) is 0 Å². The minimum atomic E-state index is -3.28. The predicted octanol–water partition coefficient (Wildman–Crippen LogP) is 2.21. The molecule has 0 aliphatic carbocycles. The quantitative estimate of drug-likeness (QED) is 0.758. The number of thioether (sulfide) groups is 1. The first-order chi connectivity index (χ1) is 8.24. The Labute approximate surface area is 113 Å². The van der Waals surface area contributed by atoms with Gasteiger partial charge in [0.2, 0.25) is 0 Å². The smallest absolute Gasteiger partial charge is 0.344 e. The van der Waals surface area contributed by atoms with Crippen molar-refractivity contribution in [2.45, 2.75) is 63.5 Å². The topological polar surface area (TPSA) is 76.0 Å². The summed E-state index contributed by atoms with van der Waals surface area (Å²) in [6.07, 6.45) is -1.82. The van der Waals surface area contributed by atoms with Crippen molar-refractivity contribution in [1.82, 2.24) is 0 Å². The van der Waals surface area contributed by atoms with Crippen LogP contribution in [0, 0.1) is 0 Å². The van der Waals surface area contributed by atoms with Crippen molar-refractivity contribution in [3.63, 3.8) is 0 Å². The van der Waals surface area contributed by atoms with Gasteiger partial charge in [-0.2, -0.15) is 0 Å². The summed E-state index contributed by atoms with van der Waals surface area (Å²) in [4.78, 5) is -0.416. The van der Waals surface area contributed by atoms with E-state index in [1.165, 1.54) is 11.8 Å². The largest absolute Gasteiger partial charge is 0.390 e. The van der Waals surface area contributed by atoms with Gasteiger partial charge < -0.3 is 19.3 Å². The Morgan fingerprint density at radius 2 is 1.61 bits per heavy atom. The van der Waals surface area contributed by atoms with E-state index in [4.69, 9.17) is 9.05 Å². The van der Waals surface area contributed by atoms with Crippen LogP contribution in [0.4, 0.5) is 0 Å². The Balaban J connectivity index is 2.79. The zero-order valence-corrected chi connectivity index (χ0v) is 13.0. The molecule has 7 heteroatoms. The highest BCUT2D eigenvalue weighted by Gasteiger charge is 2.43. The van der Waals surface area contributed by atoms with Gasteiger partial charge in [0.15, 0.2) is 0 Å². The zero-order valence-electron chi connectivity index (χ0n) is 11.3. The van der Waals surface area contributed by atoms with Gasteiger partial charge in [0.25, 0.3) is 0 Å². The lowest BCUT2D eigenvalue weighted by atomic mass is 10.2. The second-order valence-corrected chi connectivity index (χ2v) is 8.72. The minimum Gasteiger partial charge on any atom is -0.390 e. The molecule has 0 bridgehead atoms. The lowest BCUT2D eigenvalue weighted by Crippen LogP contribution is -2.37. The van der Waals surface area contributed by atoms with Gasteiger partial charge in [-0.05, 0) is 34.1 Å². The van der Waals surface area contributed by atoms with E-state index in [0.717, 1.165) is 0 Å². The molecule has 1 unspecified atom stereocenters. The number of hydrogen-bond donors (Lipinski definition) is 2. The first kappa shape index (κ1) is 16.5. The molecule has 0 aromatic carbocycles. The fraction of sp³-hybridized carbons (Fsp3) is 1.00. The van der Waals surface area contributed by atoms with Gasteiger partial charge >= 0.3 is 7.60 Å². The summed E-state index contributed by atoms with van der Waals surface area (Å²) >= 11 is 1.34. The van der Waals surface area contributed by atoms with Gasteiger partial charge in [-0.25, -0.2) is 0 Å². The molecule has 0 radical (unpaired) electrons. The molecule has 0 spiro atoms. The SMILES string of the molecule is CC(C)OP(=O)(OC(C)C)C1C[C@H](O)[C@H](O)CS1. The molecule has 1 fully saturated rings. The summed E-state index contributed by atoms with van der Waals surface area (Å²) in [5, 5.41) is 19.2. The molecule has 5 nitrogen and oxygen atoms in total. The molecule has 0 amide bonds. The Morgan fingerprint density at radius 1 is 1.11 bits per heavy atom. The average Bonchev–Trinajstić information content (AvgIpc) is 2.19. The van der Waals surface area contributed by atoms with Crippen LogP contribution in [0.5, 0.6) is 0 Å². The van der Waals surface area contributed by atoms with Crippen LogP contribution in [0.25, 0.3) is 0 Å². The van der Waals surface area contributed by atoms with Crippen LogP contribution >= 0.6 is 19.4 Å². The fourth-order valence-electron chi connectivity index (χ4n) is 1.72. The van der Waals surface area contributed by atoms with Crippen LogP contribution in [0.1, 0.15) is 34.1 Å². The van der Waals surface area contributed by atoms with Gasteiger partial charge in [0.05, 0.1) is 24.4 Å². The highest BCUT2D eigenvalue weighted by atomic mass is 32.2. The first-order valence-electron chi connectivity index (χ1n) is 6.19. The lowest BCUT2D eigenvalue weighted by Gasteiger charge is -2.35. The first-order valence-corrected chi connectivity index (χ1v) is 8.85. The van der Waals surface area contributed by atoms with Crippen molar-refractivity contribution in [2.75, 3.05) is 5.75 Å². The molecule has 3 atom stereocenters. The summed E-state index contributed by atoms with van der Waals surface area (Å²) in [6.45, 7) is 7.20. The van der Waals surface area contributed by atoms with Gasteiger partial charge in [0.1, 0.15) is 4.99 Å². The van der Waals surface area contributed by atoms with Crippen molar-refractivity contribution in [1.29, 1.82) is 0 Å². The van der Waals surface area contributed by atoms with Crippen molar-refractivity contribution < 1.29 is 23.8 Å². The van der Waals surface area contributed by atoms with Crippen LogP contribution in [0.15, 0.2) is 0 Å². The summed E-state index contributed by atoms with van der Waals surface area (Å²) in [5.41, 5.74) is 0. The zero-order chi connectivity index (χ0) is 13.9. The van der Waals surface area contributed by atoms with Crippen molar-refractivity contribution in [2.24, 2.45) is 0 Å². The Kier molecular flexibility index (Phi) is 6.16. The normalized spacial score (nSPS) is 30.1. The number of aliphatic hydroxyl groups is 2. The van der Waals surface area contributed by atoms with E-state index >= 15 is 0 Å². The van der Waals surface area contributed by atoms with Crippen molar-refractivity contribution >= 4 is 19.4 Å². The highest BCUT2D eigenvalue weighted by Crippen LogP contribution is 2.61. The fourth-order valence-corrected chi connectivity index (χ4v) is 5.95. The predicted molar refractivity (Wildman–Crippen MR) is 72.9 cm³/mol. The maximum Gasteiger partial charge on any atom is 0.344 e. The molecule has 1 saturated heterocycles. The number of hydrogen-bond acceptors (Lipinski definition) is 6. The second-order valence-electron chi connectivity index (χ2n) is 5.01. The van der Waals surface area contributed by atoms with Crippen LogP contribution < -0.4 is 0 Å². The van der Waals surface area contributed by atoms with Gasteiger partial charge in [-0.15, -0.1) is 11.8 Å². The van der Waals surface area contributed by atoms with E-state index < -0.39 is 24.8 Å². The Hall–Kier alpha value is 0.420. The maximum absolute atomic E-state index is 12.8. The molecule has 0 aromatic heterocycles. The van der Waals surface area contributed by atoms with E-state index in [1.54, 1.807) is 27.7 Å². The van der Waals surface area contributed by atoms with Crippen molar-refractivity contribution in [3.8, 4) is 0 Å². The van der Waals surface area contributed by atoms with E-state index in [1.807, 2.05) is 0 Å². The third-order valence-corrected chi connectivity index (χ3v) is 7.10. The monoisotopic (exact) mass is 298 g/mol. The minimum absolute atomic E-state index is 0.209. The molecule has 1 aliphatic rings. The molecule has 1 rings (SSSR count). The molecular formula is C11H23O5PS. The number of rotatable bonds is 5. The van der Waals surface area contributed by atoms with Gasteiger partial charge in [-0.3, -0.25) is 4.57 Å². The Morgan fingerprint density at radius 3 is 2.00 bits per heavy atom. The van der Waals surface area contributed by atoms with E-state index in [0.29, 0.717) is 5.75 Å². The molecule has 108 valence electrons. The molecule has 2 N–H and O–H groups in total. The van der Waals surface area contributed by atoms with Crippen LogP contribution in [-0.2, 0) is 13.6 Å². The van der Waals surface area contributed by atoms with E-state index in [9.17, 15) is 14.8 Å². The maximum atomic E-state index is 12.8. The van der Waals surface area contributed by atoms with E-state index in [-0.39, 0.29) is 18.6 Å². The van der Waals surface area contributed by atoms with E-state index in [2.05, 4.69) is 0 Å². The molecular weight excluding hydrogens is 275 g/mol. The second kappa shape index (κ2) is 6.73. The van der Waals surface area contributed by atoms with Gasteiger partial charge in [-0.1, -0.05) is 0 Å². The molecule has 1 heterocycles. The van der Waals surface area contributed by atoms with Crippen LogP contribution in [-0.4, -0.2) is 45.4 Å². The summed E-state index contributed by atoms with van der Waals surface area (Å²) in [5.74, 6) is 0.346.